The number of aliphatic hydroxyl groups excluding tert-OH is 6. The minimum absolute atomic E-state index is 0.112. The van der Waals surface area contributed by atoms with Gasteiger partial charge in [-0.2, -0.15) is 0 Å². The second-order valence-corrected chi connectivity index (χ2v) is 6.78. The van der Waals surface area contributed by atoms with Crippen molar-refractivity contribution in [2.45, 2.75) is 44.4 Å². The molecule has 1 heterocycles. The Balaban J connectivity index is 1.89. The van der Waals surface area contributed by atoms with E-state index in [2.05, 4.69) is 5.32 Å². The highest BCUT2D eigenvalue weighted by molar-refractivity contribution is 5.81. The molecule has 156 valence electrons. The molecule has 0 spiro atoms. The number of nitrogens with one attached hydrogen (secondary N) is 1. The molecule has 0 fully saturated rings. The van der Waals surface area contributed by atoms with Crippen LogP contribution in [0.15, 0.2) is 29.7 Å². The van der Waals surface area contributed by atoms with Crippen LogP contribution in [-0.2, 0) is 11.2 Å². The Morgan fingerprint density at radius 1 is 1.07 bits per heavy atom. The van der Waals surface area contributed by atoms with Crippen molar-refractivity contribution in [3.05, 3.63) is 35.3 Å². The van der Waals surface area contributed by atoms with Gasteiger partial charge >= 0.3 is 0 Å². The van der Waals surface area contributed by atoms with Gasteiger partial charge in [-0.3, -0.25) is 4.79 Å². The molecule has 10 heteroatoms. The predicted octanol–water partition coefficient (Wildman–Crippen LogP) is -0.745. The fourth-order valence-corrected chi connectivity index (χ4v) is 2.56. The molecule has 3 unspecified atom stereocenters. The Morgan fingerprint density at radius 2 is 1.71 bits per heavy atom. The summed E-state index contributed by atoms with van der Waals surface area (Å²) in [6, 6.07) is 5.31. The van der Waals surface area contributed by atoms with Crippen molar-refractivity contribution >= 4 is 5.91 Å². The van der Waals surface area contributed by atoms with Crippen LogP contribution in [0, 0.1) is 0 Å². The molecule has 1 amide bonds. The quantitative estimate of drug-likeness (QED) is 0.278. The average Bonchev–Trinajstić information content (AvgIpc) is 2.97. The molecular weight excluding hydrogens is 374 g/mol. The highest BCUT2D eigenvalue weighted by Gasteiger charge is 2.32. The standard InChI is InChI=1S/C18H25NO9/c1-18(2)27-11-4-3-9(7-12(11)28-18)5-6-19-17(26)16(25)15(24)14(23)13(22)10(21)8-20/h3-4,7,10,15-16,20-25H,5-6,8H2,1-2H3,(H,19,26)/b14-13+. The summed E-state index contributed by atoms with van der Waals surface area (Å²) in [6.07, 6.45) is -5.72. The van der Waals surface area contributed by atoms with Crippen molar-refractivity contribution in [1.82, 2.24) is 5.32 Å². The van der Waals surface area contributed by atoms with Crippen molar-refractivity contribution in [1.29, 1.82) is 0 Å². The molecule has 1 aromatic carbocycles. The fourth-order valence-electron chi connectivity index (χ4n) is 2.56. The predicted molar refractivity (Wildman–Crippen MR) is 95.9 cm³/mol. The van der Waals surface area contributed by atoms with E-state index in [0.717, 1.165) is 5.56 Å². The van der Waals surface area contributed by atoms with Crippen LogP contribution in [0.5, 0.6) is 11.5 Å². The summed E-state index contributed by atoms with van der Waals surface area (Å²) in [5, 5.41) is 58.8. The maximum absolute atomic E-state index is 11.9. The number of amides is 1. The number of carbonyl (C=O) groups excluding carboxylic acids is 1. The molecular formula is C18H25NO9. The molecule has 7 N–H and O–H groups in total. The molecule has 1 aliphatic heterocycles. The summed E-state index contributed by atoms with van der Waals surface area (Å²) in [4.78, 5) is 11.9. The Morgan fingerprint density at radius 3 is 2.36 bits per heavy atom. The Bertz CT molecular complexity index is 747. The van der Waals surface area contributed by atoms with Gasteiger partial charge in [-0.05, 0) is 24.1 Å². The number of rotatable bonds is 8. The van der Waals surface area contributed by atoms with Crippen molar-refractivity contribution < 1.29 is 44.9 Å². The van der Waals surface area contributed by atoms with Crippen LogP contribution in [0.2, 0.25) is 0 Å². The topological polar surface area (TPSA) is 169 Å². The molecule has 0 bridgehead atoms. The number of hydrogen-bond donors (Lipinski definition) is 7. The van der Waals surface area contributed by atoms with Gasteiger partial charge in [-0.25, -0.2) is 0 Å². The van der Waals surface area contributed by atoms with E-state index in [1.165, 1.54) is 0 Å². The zero-order chi connectivity index (χ0) is 21.1. The van der Waals surface area contributed by atoms with E-state index >= 15 is 0 Å². The number of ether oxygens (including phenoxy) is 2. The second-order valence-electron chi connectivity index (χ2n) is 6.78. The van der Waals surface area contributed by atoms with Crippen LogP contribution < -0.4 is 14.8 Å². The van der Waals surface area contributed by atoms with Crippen molar-refractivity contribution in [3.63, 3.8) is 0 Å². The zero-order valence-corrected chi connectivity index (χ0v) is 15.5. The first-order chi connectivity index (χ1) is 13.1. The molecule has 0 saturated heterocycles. The lowest BCUT2D eigenvalue weighted by molar-refractivity contribution is -0.135. The van der Waals surface area contributed by atoms with Crippen molar-refractivity contribution in [2.75, 3.05) is 13.2 Å². The first kappa shape index (κ1) is 21.8. The van der Waals surface area contributed by atoms with E-state index in [1.54, 1.807) is 32.0 Å². The van der Waals surface area contributed by atoms with E-state index in [-0.39, 0.29) is 6.54 Å². The van der Waals surface area contributed by atoms with E-state index in [4.69, 9.17) is 14.6 Å². The third-order valence-corrected chi connectivity index (χ3v) is 4.03. The van der Waals surface area contributed by atoms with Gasteiger partial charge in [0.15, 0.2) is 29.1 Å². The van der Waals surface area contributed by atoms with Gasteiger partial charge in [0.05, 0.1) is 6.61 Å². The van der Waals surface area contributed by atoms with Crippen LogP contribution >= 0.6 is 0 Å². The van der Waals surface area contributed by atoms with Crippen LogP contribution in [0.4, 0.5) is 0 Å². The first-order valence-electron chi connectivity index (χ1n) is 8.61. The van der Waals surface area contributed by atoms with Crippen LogP contribution in [-0.4, -0.2) is 73.8 Å². The molecule has 10 nitrogen and oxygen atoms in total. The SMILES string of the molecule is CC1(C)Oc2ccc(CCNC(=O)C(O)C(O)/C(O)=C(\O)C(O)CO)cc2O1. The van der Waals surface area contributed by atoms with E-state index < -0.39 is 48.1 Å². The normalized spacial score (nSPS) is 18.8. The molecule has 28 heavy (non-hydrogen) atoms. The highest BCUT2D eigenvalue weighted by Crippen LogP contribution is 2.39. The molecule has 0 aromatic heterocycles. The van der Waals surface area contributed by atoms with Gasteiger partial charge < -0.3 is 45.4 Å². The van der Waals surface area contributed by atoms with Gasteiger partial charge in [-0.1, -0.05) is 6.07 Å². The number of fused-ring (bicyclic) bond motifs is 1. The molecule has 2 rings (SSSR count). The highest BCUT2D eigenvalue weighted by atomic mass is 16.7. The van der Waals surface area contributed by atoms with Crippen molar-refractivity contribution in [3.8, 4) is 11.5 Å². The summed E-state index contributed by atoms with van der Waals surface area (Å²) in [6.45, 7) is 2.75. The first-order valence-corrected chi connectivity index (χ1v) is 8.61. The van der Waals surface area contributed by atoms with E-state index in [1.807, 2.05) is 0 Å². The van der Waals surface area contributed by atoms with E-state index in [9.17, 15) is 30.3 Å². The molecule has 1 aromatic rings. The molecule has 0 saturated carbocycles. The molecule has 0 aliphatic carbocycles. The summed E-state index contributed by atoms with van der Waals surface area (Å²) in [7, 11) is 0. The molecule has 0 radical (unpaired) electrons. The van der Waals surface area contributed by atoms with Gasteiger partial charge in [0.1, 0.15) is 12.2 Å². The second kappa shape index (κ2) is 8.65. The van der Waals surface area contributed by atoms with Crippen LogP contribution in [0.25, 0.3) is 0 Å². The largest absolute Gasteiger partial charge is 0.506 e. The summed E-state index contributed by atoms with van der Waals surface area (Å²) < 4.78 is 11.2. The number of benzene rings is 1. The molecule has 1 aliphatic rings. The van der Waals surface area contributed by atoms with Gasteiger partial charge in [0, 0.05) is 20.4 Å². The lowest BCUT2D eigenvalue weighted by Gasteiger charge is -2.19. The lowest BCUT2D eigenvalue weighted by atomic mass is 10.1. The number of aliphatic hydroxyl groups is 6. The van der Waals surface area contributed by atoms with Crippen LogP contribution in [0.1, 0.15) is 19.4 Å². The van der Waals surface area contributed by atoms with E-state index in [0.29, 0.717) is 17.9 Å². The Kier molecular flexibility index (Phi) is 6.73. The zero-order valence-electron chi connectivity index (χ0n) is 15.5. The third kappa shape index (κ3) is 5.04. The lowest BCUT2D eigenvalue weighted by Crippen LogP contribution is -2.44. The minimum atomic E-state index is -2.17. The number of carbonyl (C=O) groups is 1. The van der Waals surface area contributed by atoms with Crippen LogP contribution in [0.3, 0.4) is 0 Å². The van der Waals surface area contributed by atoms with Gasteiger partial charge in [-0.15, -0.1) is 0 Å². The third-order valence-electron chi connectivity index (χ3n) is 4.03. The maximum Gasteiger partial charge on any atom is 0.252 e. The Labute approximate surface area is 161 Å². The Hall–Kier alpha value is -2.53. The average molecular weight is 399 g/mol. The maximum atomic E-state index is 11.9. The number of hydrogen-bond acceptors (Lipinski definition) is 9. The summed E-state index contributed by atoms with van der Waals surface area (Å²) >= 11 is 0. The fraction of sp³-hybridized carbons (Fsp3) is 0.500. The smallest absolute Gasteiger partial charge is 0.252 e. The van der Waals surface area contributed by atoms with Crippen molar-refractivity contribution in [2.24, 2.45) is 0 Å². The monoisotopic (exact) mass is 399 g/mol. The summed E-state index contributed by atoms with van der Waals surface area (Å²) in [5.41, 5.74) is 0.835. The van der Waals surface area contributed by atoms with Gasteiger partial charge in [0.25, 0.3) is 5.91 Å². The minimum Gasteiger partial charge on any atom is -0.506 e. The molecule has 3 atom stereocenters. The van der Waals surface area contributed by atoms with Gasteiger partial charge in [0.2, 0.25) is 5.79 Å². The summed E-state index contributed by atoms with van der Waals surface area (Å²) in [5.74, 6) is -2.89.